The third kappa shape index (κ3) is 3.18. The van der Waals surface area contributed by atoms with Crippen LogP contribution in [0.3, 0.4) is 0 Å². The van der Waals surface area contributed by atoms with E-state index < -0.39 is 0 Å². The Kier molecular flexibility index (Phi) is 4.22. The topological polar surface area (TPSA) is 34.4 Å². The maximum absolute atomic E-state index is 12.2. The Hall–Kier alpha value is -2.17. The first kappa shape index (κ1) is 14.8. The first-order chi connectivity index (χ1) is 10.6. The van der Waals surface area contributed by atoms with Crippen LogP contribution in [0, 0.1) is 0 Å². The Morgan fingerprint density at radius 2 is 1.73 bits per heavy atom. The van der Waals surface area contributed by atoms with Crippen LogP contribution < -0.4 is 10.4 Å². The number of hydrogen-bond donors (Lipinski definition) is 0. The third-order valence-electron chi connectivity index (χ3n) is 3.18. The average Bonchev–Trinajstić information content (AvgIpc) is 2.54. The molecule has 0 aliphatic rings. The molecule has 0 fully saturated rings. The number of hydrogen-bond acceptors (Lipinski definition) is 3. The van der Waals surface area contributed by atoms with E-state index in [1.165, 1.54) is 11.3 Å². The van der Waals surface area contributed by atoms with Crippen molar-refractivity contribution in [2.24, 2.45) is 12.0 Å². The monoisotopic (exact) mass is 328 g/mol. The molecule has 0 unspecified atom stereocenters. The molecule has 0 bridgehead atoms. The Balaban J connectivity index is 2.17. The zero-order valence-electron chi connectivity index (χ0n) is 11.9. The SMILES string of the molecule is Cn1c(=O)cc(-c2ccccc2)sc1=Nc1ccc(Cl)cc1. The molecule has 0 radical (unpaired) electrons. The highest BCUT2D eigenvalue weighted by atomic mass is 35.5. The molecule has 110 valence electrons. The maximum Gasteiger partial charge on any atom is 0.253 e. The van der Waals surface area contributed by atoms with Crippen molar-refractivity contribution in [2.75, 3.05) is 0 Å². The largest absolute Gasteiger partial charge is 0.288 e. The summed E-state index contributed by atoms with van der Waals surface area (Å²) in [5, 5.41) is 0.662. The Labute approximate surface area is 136 Å². The van der Waals surface area contributed by atoms with Crippen molar-refractivity contribution in [3.63, 3.8) is 0 Å². The number of halogens is 1. The summed E-state index contributed by atoms with van der Waals surface area (Å²) in [7, 11) is 1.72. The minimum absolute atomic E-state index is 0.0784. The van der Waals surface area contributed by atoms with Gasteiger partial charge in [0, 0.05) is 23.0 Å². The quantitative estimate of drug-likeness (QED) is 0.700. The molecule has 3 aromatic rings. The number of rotatable bonds is 2. The van der Waals surface area contributed by atoms with E-state index in [1.807, 2.05) is 42.5 Å². The molecule has 0 aliphatic carbocycles. The zero-order valence-corrected chi connectivity index (χ0v) is 13.4. The summed E-state index contributed by atoms with van der Waals surface area (Å²) in [6, 6.07) is 18.7. The summed E-state index contributed by atoms with van der Waals surface area (Å²) in [6.45, 7) is 0. The second kappa shape index (κ2) is 6.30. The van der Waals surface area contributed by atoms with Gasteiger partial charge in [0.2, 0.25) is 0 Å². The van der Waals surface area contributed by atoms with Crippen LogP contribution in [0.25, 0.3) is 10.4 Å². The van der Waals surface area contributed by atoms with Crippen LogP contribution in [0.5, 0.6) is 0 Å². The first-order valence-corrected chi connectivity index (χ1v) is 7.90. The lowest BCUT2D eigenvalue weighted by Crippen LogP contribution is -2.28. The third-order valence-corrected chi connectivity index (χ3v) is 4.56. The van der Waals surface area contributed by atoms with Gasteiger partial charge in [0.25, 0.3) is 5.56 Å². The summed E-state index contributed by atoms with van der Waals surface area (Å²) in [5.74, 6) is 0. The fourth-order valence-corrected chi connectivity index (χ4v) is 3.08. The fraction of sp³-hybridized carbons (Fsp3) is 0.0588. The molecule has 5 heteroatoms. The summed E-state index contributed by atoms with van der Waals surface area (Å²) in [5.41, 5.74) is 1.70. The van der Waals surface area contributed by atoms with Crippen molar-refractivity contribution in [1.82, 2.24) is 4.57 Å². The van der Waals surface area contributed by atoms with Crippen LogP contribution in [-0.4, -0.2) is 4.57 Å². The van der Waals surface area contributed by atoms with Gasteiger partial charge in [-0.2, -0.15) is 0 Å². The molecule has 0 saturated carbocycles. The minimum atomic E-state index is -0.0784. The predicted octanol–water partition coefficient (Wildman–Crippen LogP) is 4.00. The number of aromatic nitrogens is 1. The second-order valence-corrected chi connectivity index (χ2v) is 6.19. The van der Waals surface area contributed by atoms with Crippen LogP contribution in [0.15, 0.2) is 70.5 Å². The fourth-order valence-electron chi connectivity index (χ4n) is 1.97. The van der Waals surface area contributed by atoms with Crippen LogP contribution in [0.2, 0.25) is 5.02 Å². The molecule has 22 heavy (non-hydrogen) atoms. The molecule has 1 heterocycles. The van der Waals surface area contributed by atoms with Gasteiger partial charge >= 0.3 is 0 Å². The van der Waals surface area contributed by atoms with Gasteiger partial charge in [-0.3, -0.25) is 9.36 Å². The standard InChI is InChI=1S/C17H13ClN2OS/c1-20-16(21)11-15(12-5-3-2-4-6-12)22-17(20)19-14-9-7-13(18)8-10-14/h2-11H,1H3. The highest BCUT2D eigenvalue weighted by Gasteiger charge is 2.03. The summed E-state index contributed by atoms with van der Waals surface area (Å²) in [4.78, 5) is 18.3. The zero-order chi connectivity index (χ0) is 15.5. The van der Waals surface area contributed by atoms with Crippen LogP contribution >= 0.6 is 22.9 Å². The van der Waals surface area contributed by atoms with Gasteiger partial charge < -0.3 is 0 Å². The average molecular weight is 329 g/mol. The lowest BCUT2D eigenvalue weighted by molar-refractivity contribution is 0.824. The molecule has 0 atom stereocenters. The smallest absolute Gasteiger partial charge is 0.253 e. The van der Waals surface area contributed by atoms with Crippen molar-refractivity contribution in [1.29, 1.82) is 0 Å². The van der Waals surface area contributed by atoms with E-state index in [2.05, 4.69) is 4.99 Å². The van der Waals surface area contributed by atoms with Crippen molar-refractivity contribution >= 4 is 28.6 Å². The van der Waals surface area contributed by atoms with E-state index in [9.17, 15) is 4.79 Å². The normalized spacial score (nSPS) is 11.6. The van der Waals surface area contributed by atoms with E-state index in [-0.39, 0.29) is 5.56 Å². The molecular formula is C17H13ClN2OS. The van der Waals surface area contributed by atoms with Crippen molar-refractivity contribution in [3.8, 4) is 10.4 Å². The van der Waals surface area contributed by atoms with Crippen molar-refractivity contribution < 1.29 is 0 Å². The maximum atomic E-state index is 12.2. The summed E-state index contributed by atoms with van der Waals surface area (Å²) in [6.07, 6.45) is 0. The molecule has 2 aromatic carbocycles. The van der Waals surface area contributed by atoms with E-state index in [4.69, 9.17) is 11.6 Å². The summed E-state index contributed by atoms with van der Waals surface area (Å²) >= 11 is 7.36. The van der Waals surface area contributed by atoms with Gasteiger partial charge in [-0.15, -0.1) is 0 Å². The van der Waals surface area contributed by atoms with Gasteiger partial charge in [0.05, 0.1) is 5.69 Å². The molecular weight excluding hydrogens is 316 g/mol. The lowest BCUT2D eigenvalue weighted by Gasteiger charge is -2.03. The highest BCUT2D eigenvalue weighted by molar-refractivity contribution is 7.12. The molecule has 1 aromatic heterocycles. The number of nitrogens with zero attached hydrogens (tertiary/aromatic N) is 2. The van der Waals surface area contributed by atoms with E-state index >= 15 is 0 Å². The molecule has 0 N–H and O–H groups in total. The molecule has 3 nitrogen and oxygen atoms in total. The van der Waals surface area contributed by atoms with Gasteiger partial charge in [0.1, 0.15) is 0 Å². The van der Waals surface area contributed by atoms with E-state index in [1.54, 1.807) is 29.8 Å². The van der Waals surface area contributed by atoms with E-state index in [0.29, 0.717) is 9.82 Å². The van der Waals surface area contributed by atoms with Gasteiger partial charge in [-0.05, 0) is 29.8 Å². The summed E-state index contributed by atoms with van der Waals surface area (Å²) < 4.78 is 1.55. The first-order valence-electron chi connectivity index (χ1n) is 6.70. The Morgan fingerprint density at radius 3 is 2.41 bits per heavy atom. The molecule has 0 saturated heterocycles. The van der Waals surface area contributed by atoms with Gasteiger partial charge in [0.15, 0.2) is 4.80 Å². The van der Waals surface area contributed by atoms with Crippen LogP contribution in [0.4, 0.5) is 5.69 Å². The van der Waals surface area contributed by atoms with Crippen molar-refractivity contribution in [3.05, 3.63) is 80.8 Å². The van der Waals surface area contributed by atoms with Crippen molar-refractivity contribution in [2.45, 2.75) is 0 Å². The second-order valence-electron chi connectivity index (χ2n) is 4.74. The van der Waals surface area contributed by atoms with Crippen LogP contribution in [0.1, 0.15) is 0 Å². The molecule has 0 amide bonds. The van der Waals surface area contributed by atoms with Gasteiger partial charge in [-0.25, -0.2) is 4.99 Å². The highest BCUT2D eigenvalue weighted by Crippen LogP contribution is 2.20. The lowest BCUT2D eigenvalue weighted by atomic mass is 10.2. The molecule has 0 spiro atoms. The van der Waals surface area contributed by atoms with E-state index in [0.717, 1.165) is 16.1 Å². The molecule has 0 aliphatic heterocycles. The number of benzene rings is 2. The Bertz CT molecular complexity index is 912. The van der Waals surface area contributed by atoms with Crippen LogP contribution in [-0.2, 0) is 7.05 Å². The molecule has 3 rings (SSSR count). The predicted molar refractivity (Wildman–Crippen MR) is 91.7 cm³/mol. The Morgan fingerprint density at radius 1 is 1.05 bits per heavy atom. The van der Waals surface area contributed by atoms with Gasteiger partial charge in [-0.1, -0.05) is 53.3 Å². The minimum Gasteiger partial charge on any atom is -0.288 e.